The summed E-state index contributed by atoms with van der Waals surface area (Å²) in [6, 6.07) is 1.73. The average molecular weight is 370 g/mol. The Kier molecular flexibility index (Phi) is 4.07. The fraction of sp³-hybridized carbons (Fsp3) is 0.562. The molecular weight excluding hydrogens is 350 g/mol. The van der Waals surface area contributed by atoms with Gasteiger partial charge in [-0.05, 0) is 54.9 Å². The summed E-state index contributed by atoms with van der Waals surface area (Å²) in [5.41, 5.74) is 1.24. The number of hydrogen-bond acceptors (Lipinski definition) is 5. The van der Waals surface area contributed by atoms with Gasteiger partial charge in [0, 0.05) is 18.4 Å². The van der Waals surface area contributed by atoms with Gasteiger partial charge in [0.05, 0.1) is 17.1 Å². The molecule has 1 aromatic rings. The molecule has 0 radical (unpaired) electrons. The monoisotopic (exact) mass is 369 g/mol. The van der Waals surface area contributed by atoms with E-state index in [0.29, 0.717) is 27.5 Å². The summed E-state index contributed by atoms with van der Waals surface area (Å²) in [6.07, 6.45) is 2.01. The minimum Gasteiger partial charge on any atom is -0.465 e. The first-order chi connectivity index (χ1) is 10.5. The minimum absolute atomic E-state index is 0.314. The Morgan fingerprint density at radius 3 is 2.64 bits per heavy atom. The maximum absolute atomic E-state index is 11.9. The molecule has 1 atom stereocenters. The van der Waals surface area contributed by atoms with Crippen molar-refractivity contribution < 1.29 is 19.0 Å². The van der Waals surface area contributed by atoms with Gasteiger partial charge < -0.3 is 19.5 Å². The van der Waals surface area contributed by atoms with E-state index in [1.54, 1.807) is 6.07 Å². The molecule has 2 heterocycles. The molecule has 0 bridgehead atoms. The highest BCUT2D eigenvalue weighted by atomic mass is 79.9. The van der Waals surface area contributed by atoms with Gasteiger partial charge in [0.25, 0.3) is 5.79 Å². The Morgan fingerprint density at radius 2 is 2.00 bits per heavy atom. The number of fused-ring (bicyclic) bond motifs is 1. The Morgan fingerprint density at radius 1 is 1.36 bits per heavy atom. The van der Waals surface area contributed by atoms with Crippen LogP contribution in [-0.4, -0.2) is 32.0 Å². The Balaban J connectivity index is 1.97. The molecule has 1 unspecified atom stereocenters. The first-order valence-electron chi connectivity index (χ1n) is 7.46. The maximum Gasteiger partial charge on any atom is 0.338 e. The second kappa shape index (κ2) is 5.74. The van der Waals surface area contributed by atoms with Crippen LogP contribution in [0.5, 0.6) is 11.5 Å². The third-order valence-electron chi connectivity index (χ3n) is 4.53. The third-order valence-corrected chi connectivity index (χ3v) is 5.12. The first kappa shape index (κ1) is 15.6. The van der Waals surface area contributed by atoms with Crippen molar-refractivity contribution in [1.29, 1.82) is 0 Å². The van der Waals surface area contributed by atoms with Crippen LogP contribution in [-0.2, 0) is 4.74 Å². The molecule has 1 fully saturated rings. The van der Waals surface area contributed by atoms with E-state index < -0.39 is 5.79 Å². The summed E-state index contributed by atoms with van der Waals surface area (Å²) in [5, 5.41) is 3.35. The predicted octanol–water partition coefficient (Wildman–Crippen LogP) is 3.03. The fourth-order valence-electron chi connectivity index (χ4n) is 3.18. The number of esters is 1. The van der Waals surface area contributed by atoms with Crippen molar-refractivity contribution in [3.05, 3.63) is 21.7 Å². The highest BCUT2D eigenvalue weighted by molar-refractivity contribution is 9.10. The molecule has 1 aromatic carbocycles. The quantitative estimate of drug-likeness (QED) is 0.812. The standard InChI is InChI=1S/C16H20BrNO4/c1-9-11(15(19)20-3)8-12(17)14-13(9)21-16(2,22-14)10-4-6-18-7-5-10/h8,10,18H,4-7H2,1-3H3. The molecule has 0 saturated carbocycles. The minimum atomic E-state index is -0.688. The highest BCUT2D eigenvalue weighted by Gasteiger charge is 2.46. The van der Waals surface area contributed by atoms with Crippen molar-refractivity contribution in [2.24, 2.45) is 5.92 Å². The van der Waals surface area contributed by atoms with Gasteiger partial charge in [-0.15, -0.1) is 0 Å². The molecule has 2 aliphatic heterocycles. The van der Waals surface area contributed by atoms with E-state index in [2.05, 4.69) is 21.2 Å². The van der Waals surface area contributed by atoms with Gasteiger partial charge in [-0.2, -0.15) is 0 Å². The van der Waals surface area contributed by atoms with Crippen molar-refractivity contribution in [2.45, 2.75) is 32.5 Å². The lowest BCUT2D eigenvalue weighted by atomic mass is 9.90. The number of ether oxygens (including phenoxy) is 3. The van der Waals surface area contributed by atoms with E-state index in [1.165, 1.54) is 7.11 Å². The number of halogens is 1. The second-order valence-electron chi connectivity index (χ2n) is 5.93. The molecule has 6 heteroatoms. The SMILES string of the molecule is COC(=O)c1cc(Br)c2c(c1C)OC(C)(C1CCNCC1)O2. The van der Waals surface area contributed by atoms with Crippen LogP contribution in [0.25, 0.3) is 0 Å². The largest absolute Gasteiger partial charge is 0.465 e. The topological polar surface area (TPSA) is 56.8 Å². The predicted molar refractivity (Wildman–Crippen MR) is 85.5 cm³/mol. The van der Waals surface area contributed by atoms with E-state index in [0.717, 1.165) is 31.5 Å². The summed E-state index contributed by atoms with van der Waals surface area (Å²) in [7, 11) is 1.37. The molecule has 0 aliphatic carbocycles. The number of benzene rings is 1. The average Bonchev–Trinajstić information content (AvgIpc) is 2.91. The molecule has 0 amide bonds. The van der Waals surface area contributed by atoms with Crippen molar-refractivity contribution >= 4 is 21.9 Å². The molecule has 5 nitrogen and oxygen atoms in total. The summed E-state index contributed by atoms with van der Waals surface area (Å²) >= 11 is 3.48. The van der Waals surface area contributed by atoms with Crippen LogP contribution >= 0.6 is 15.9 Å². The van der Waals surface area contributed by atoms with Crippen LogP contribution in [0.1, 0.15) is 35.7 Å². The molecule has 120 valence electrons. The zero-order chi connectivity index (χ0) is 15.9. The Hall–Kier alpha value is -1.27. The molecule has 0 aromatic heterocycles. The van der Waals surface area contributed by atoms with E-state index in [1.807, 2.05) is 13.8 Å². The second-order valence-corrected chi connectivity index (χ2v) is 6.78. The van der Waals surface area contributed by atoms with Crippen molar-refractivity contribution in [3.8, 4) is 11.5 Å². The van der Waals surface area contributed by atoms with Crippen LogP contribution in [0.2, 0.25) is 0 Å². The molecule has 1 N–H and O–H groups in total. The van der Waals surface area contributed by atoms with E-state index in [4.69, 9.17) is 14.2 Å². The van der Waals surface area contributed by atoms with Crippen LogP contribution in [0.15, 0.2) is 10.5 Å². The lowest BCUT2D eigenvalue weighted by molar-refractivity contribution is -0.118. The number of carbonyl (C=O) groups is 1. The van der Waals surface area contributed by atoms with E-state index in [-0.39, 0.29) is 5.97 Å². The number of carbonyl (C=O) groups excluding carboxylic acids is 1. The number of rotatable bonds is 2. The maximum atomic E-state index is 11.9. The van der Waals surface area contributed by atoms with Gasteiger partial charge in [-0.1, -0.05) is 0 Å². The van der Waals surface area contributed by atoms with E-state index >= 15 is 0 Å². The lowest BCUT2D eigenvalue weighted by Gasteiger charge is -2.35. The molecule has 3 rings (SSSR count). The van der Waals surface area contributed by atoms with Crippen LogP contribution in [0.3, 0.4) is 0 Å². The van der Waals surface area contributed by atoms with Crippen molar-refractivity contribution in [3.63, 3.8) is 0 Å². The molecule has 0 spiro atoms. The van der Waals surface area contributed by atoms with Crippen LogP contribution in [0.4, 0.5) is 0 Å². The fourth-order valence-corrected chi connectivity index (χ4v) is 3.67. The van der Waals surface area contributed by atoms with E-state index in [9.17, 15) is 4.79 Å². The van der Waals surface area contributed by atoms with Gasteiger partial charge in [-0.3, -0.25) is 0 Å². The summed E-state index contributed by atoms with van der Waals surface area (Å²) in [4.78, 5) is 11.9. The normalized spacial score (nSPS) is 24.4. The van der Waals surface area contributed by atoms with Gasteiger partial charge in [0.1, 0.15) is 0 Å². The number of hydrogen-bond donors (Lipinski definition) is 1. The summed E-state index contributed by atoms with van der Waals surface area (Å²) < 4.78 is 17.9. The van der Waals surface area contributed by atoms with Gasteiger partial charge in [-0.25, -0.2) is 4.79 Å². The van der Waals surface area contributed by atoms with Crippen LogP contribution in [0, 0.1) is 12.8 Å². The Bertz CT molecular complexity index is 613. The first-order valence-corrected chi connectivity index (χ1v) is 8.25. The van der Waals surface area contributed by atoms with Gasteiger partial charge in [0.15, 0.2) is 11.5 Å². The number of nitrogens with one attached hydrogen (secondary N) is 1. The third kappa shape index (κ3) is 2.48. The summed E-state index contributed by atoms with van der Waals surface area (Å²) in [6.45, 7) is 5.77. The van der Waals surface area contributed by atoms with Gasteiger partial charge in [0.2, 0.25) is 0 Å². The zero-order valence-corrected chi connectivity index (χ0v) is 14.6. The number of methoxy groups -OCH3 is 1. The molecule has 2 aliphatic rings. The van der Waals surface area contributed by atoms with Crippen LogP contribution < -0.4 is 14.8 Å². The Labute approximate surface area is 138 Å². The smallest absolute Gasteiger partial charge is 0.338 e. The molecule has 22 heavy (non-hydrogen) atoms. The summed E-state index contributed by atoms with van der Waals surface area (Å²) in [5.74, 6) is 0.558. The molecule has 1 saturated heterocycles. The zero-order valence-electron chi connectivity index (χ0n) is 13.0. The molecular formula is C16H20BrNO4. The van der Waals surface area contributed by atoms with Gasteiger partial charge >= 0.3 is 5.97 Å². The lowest BCUT2D eigenvalue weighted by Crippen LogP contribution is -2.47. The van der Waals surface area contributed by atoms with Crippen molar-refractivity contribution in [2.75, 3.05) is 20.2 Å². The highest BCUT2D eigenvalue weighted by Crippen LogP contribution is 2.50. The number of piperidine rings is 1. The van der Waals surface area contributed by atoms with Crippen molar-refractivity contribution in [1.82, 2.24) is 5.32 Å².